The lowest BCUT2D eigenvalue weighted by molar-refractivity contribution is -0.129. The Morgan fingerprint density at radius 2 is 1.94 bits per heavy atom. The first-order valence-corrected chi connectivity index (χ1v) is 11.6. The molecule has 7 nitrogen and oxygen atoms in total. The predicted octanol–water partition coefficient (Wildman–Crippen LogP) is 3.74. The van der Waals surface area contributed by atoms with E-state index in [1.165, 1.54) is 11.3 Å². The molecule has 1 aromatic heterocycles. The van der Waals surface area contributed by atoms with Gasteiger partial charge in [0.15, 0.2) is 5.82 Å². The lowest BCUT2D eigenvalue weighted by Crippen LogP contribution is -2.36. The molecule has 1 fully saturated rings. The summed E-state index contributed by atoms with van der Waals surface area (Å²) in [6, 6.07) is 6.69. The maximum absolute atomic E-state index is 12.2. The molecule has 7 heteroatoms. The minimum Gasteiger partial charge on any atom is -0.338 e. The summed E-state index contributed by atoms with van der Waals surface area (Å²) >= 11 is 0. The summed E-state index contributed by atoms with van der Waals surface area (Å²) in [5.74, 6) is 1.37. The molecular formula is C25H29N5O2. The van der Waals surface area contributed by atoms with Crippen molar-refractivity contribution in [3.63, 3.8) is 0 Å². The van der Waals surface area contributed by atoms with Crippen LogP contribution in [0.1, 0.15) is 73.0 Å². The van der Waals surface area contributed by atoms with Crippen molar-refractivity contribution in [3.05, 3.63) is 40.1 Å². The summed E-state index contributed by atoms with van der Waals surface area (Å²) in [6.07, 6.45) is 5.66. The van der Waals surface area contributed by atoms with Gasteiger partial charge in [0.25, 0.3) is 0 Å². The van der Waals surface area contributed by atoms with Gasteiger partial charge in [0.2, 0.25) is 5.91 Å². The fraction of sp³-hybridized carbons (Fsp3) is 0.520. The molecule has 3 heterocycles. The maximum Gasteiger partial charge on any atom is 0.219 e. The van der Waals surface area contributed by atoms with E-state index in [-0.39, 0.29) is 11.9 Å². The average Bonchev–Trinajstić information content (AvgIpc) is 3.17. The Hall–Kier alpha value is -3.14. The zero-order chi connectivity index (χ0) is 22.4. The van der Waals surface area contributed by atoms with E-state index in [0.717, 1.165) is 66.8 Å². The molecule has 1 amide bonds. The van der Waals surface area contributed by atoms with E-state index in [2.05, 4.69) is 21.7 Å². The fourth-order valence-corrected chi connectivity index (χ4v) is 5.46. The molecule has 0 saturated heterocycles. The highest BCUT2D eigenvalue weighted by Crippen LogP contribution is 2.40. The van der Waals surface area contributed by atoms with E-state index in [0.29, 0.717) is 31.7 Å². The van der Waals surface area contributed by atoms with E-state index in [4.69, 9.17) is 5.10 Å². The van der Waals surface area contributed by atoms with Gasteiger partial charge in [-0.1, -0.05) is 0 Å². The van der Waals surface area contributed by atoms with Gasteiger partial charge in [-0.2, -0.15) is 10.4 Å². The summed E-state index contributed by atoms with van der Waals surface area (Å²) < 4.78 is 2.18. The smallest absolute Gasteiger partial charge is 0.219 e. The van der Waals surface area contributed by atoms with Crippen molar-refractivity contribution < 1.29 is 9.59 Å². The highest BCUT2D eigenvalue weighted by molar-refractivity contribution is 5.79. The molecule has 1 aromatic carbocycles. The number of hydrogen-bond acceptors (Lipinski definition) is 5. The largest absolute Gasteiger partial charge is 0.338 e. The SMILES string of the molecule is CC(=O)N1CCc2c(c(N3CCCc4cc(C#N)c(C)cc43)nn2C2CCC(=O)CC2)C1. The molecule has 0 spiro atoms. The standard InChI is InChI=1S/C25H29N5O2/c1-16-12-24-18(13-19(16)14-26)4-3-10-29(24)25-22-15-28(17(2)31)11-9-23(22)30(27-25)20-5-7-21(32)8-6-20/h12-13,20H,3-11,15H2,1-2H3. The third-order valence-corrected chi connectivity index (χ3v) is 7.29. The summed E-state index contributed by atoms with van der Waals surface area (Å²) in [5.41, 5.74) is 6.37. The van der Waals surface area contributed by atoms with Crippen molar-refractivity contribution in [1.29, 1.82) is 5.26 Å². The Balaban J connectivity index is 1.60. The number of aromatic nitrogens is 2. The maximum atomic E-state index is 12.2. The van der Waals surface area contributed by atoms with Gasteiger partial charge in [-0.3, -0.25) is 14.3 Å². The van der Waals surface area contributed by atoms with Gasteiger partial charge in [-0.15, -0.1) is 0 Å². The van der Waals surface area contributed by atoms with Gasteiger partial charge >= 0.3 is 0 Å². The minimum atomic E-state index is 0.0890. The Labute approximate surface area is 188 Å². The van der Waals surface area contributed by atoms with Gasteiger partial charge in [0, 0.05) is 56.2 Å². The molecule has 5 rings (SSSR count). The van der Waals surface area contributed by atoms with Crippen LogP contribution < -0.4 is 4.90 Å². The molecule has 0 radical (unpaired) electrons. The molecule has 32 heavy (non-hydrogen) atoms. The van der Waals surface area contributed by atoms with Gasteiger partial charge in [-0.25, -0.2) is 0 Å². The second kappa shape index (κ2) is 8.09. The lowest BCUT2D eigenvalue weighted by Gasteiger charge is -2.33. The minimum absolute atomic E-state index is 0.0890. The van der Waals surface area contributed by atoms with Crippen LogP contribution in [0.5, 0.6) is 0 Å². The summed E-state index contributed by atoms with van der Waals surface area (Å²) in [6.45, 7) is 5.76. The quantitative estimate of drug-likeness (QED) is 0.724. The van der Waals surface area contributed by atoms with Crippen LogP contribution in [0.25, 0.3) is 0 Å². The molecular weight excluding hydrogens is 402 g/mol. The number of amides is 1. The summed E-state index contributed by atoms with van der Waals surface area (Å²) in [5, 5.41) is 14.6. The van der Waals surface area contributed by atoms with Crippen LogP contribution in [-0.2, 0) is 29.0 Å². The van der Waals surface area contributed by atoms with Crippen molar-refractivity contribution in [3.8, 4) is 6.07 Å². The number of ketones is 1. The normalized spacial score (nSPS) is 18.8. The number of carbonyl (C=O) groups excluding carboxylic acids is 2. The first-order valence-electron chi connectivity index (χ1n) is 11.6. The van der Waals surface area contributed by atoms with E-state index in [9.17, 15) is 14.9 Å². The van der Waals surface area contributed by atoms with Crippen molar-refractivity contribution in [2.45, 2.75) is 71.4 Å². The second-order valence-corrected chi connectivity index (χ2v) is 9.32. The number of fused-ring (bicyclic) bond motifs is 2. The first-order chi connectivity index (χ1) is 15.5. The van der Waals surface area contributed by atoms with Crippen molar-refractivity contribution in [1.82, 2.24) is 14.7 Å². The number of aryl methyl sites for hydroxylation is 2. The van der Waals surface area contributed by atoms with Gasteiger partial charge in [-0.05, 0) is 55.9 Å². The molecule has 0 unspecified atom stereocenters. The Kier molecular flexibility index (Phi) is 5.24. The molecule has 0 bridgehead atoms. The molecule has 166 valence electrons. The van der Waals surface area contributed by atoms with Crippen LogP contribution in [0.3, 0.4) is 0 Å². The number of benzene rings is 1. The number of anilines is 2. The van der Waals surface area contributed by atoms with Crippen LogP contribution in [-0.4, -0.2) is 39.5 Å². The van der Waals surface area contributed by atoms with Crippen molar-refractivity contribution in [2.75, 3.05) is 18.0 Å². The Bertz CT molecular complexity index is 1130. The highest BCUT2D eigenvalue weighted by Gasteiger charge is 2.33. The van der Waals surface area contributed by atoms with E-state index in [1.807, 2.05) is 17.9 Å². The number of rotatable bonds is 2. The molecule has 2 aromatic rings. The number of Topliss-reactive ketones (excluding diaryl/α,β-unsaturated/α-hetero) is 1. The zero-order valence-corrected chi connectivity index (χ0v) is 18.9. The van der Waals surface area contributed by atoms with E-state index >= 15 is 0 Å². The molecule has 1 saturated carbocycles. The monoisotopic (exact) mass is 431 g/mol. The molecule has 0 atom stereocenters. The number of nitriles is 1. The lowest BCUT2D eigenvalue weighted by atomic mass is 9.93. The summed E-state index contributed by atoms with van der Waals surface area (Å²) in [7, 11) is 0. The van der Waals surface area contributed by atoms with Crippen LogP contribution >= 0.6 is 0 Å². The summed E-state index contributed by atoms with van der Waals surface area (Å²) in [4.78, 5) is 28.2. The van der Waals surface area contributed by atoms with E-state index in [1.54, 1.807) is 6.92 Å². The highest BCUT2D eigenvalue weighted by atomic mass is 16.2. The fourth-order valence-electron chi connectivity index (χ4n) is 5.46. The van der Waals surface area contributed by atoms with Crippen LogP contribution in [0.2, 0.25) is 0 Å². The van der Waals surface area contributed by atoms with E-state index < -0.39 is 0 Å². The van der Waals surface area contributed by atoms with Gasteiger partial charge in [0.1, 0.15) is 5.78 Å². The van der Waals surface area contributed by atoms with Crippen LogP contribution in [0.4, 0.5) is 11.5 Å². The zero-order valence-electron chi connectivity index (χ0n) is 18.9. The molecule has 2 aliphatic heterocycles. The van der Waals surface area contributed by atoms with Crippen LogP contribution in [0, 0.1) is 18.3 Å². The third-order valence-electron chi connectivity index (χ3n) is 7.29. The van der Waals surface area contributed by atoms with Gasteiger partial charge in [0.05, 0.1) is 24.2 Å². The van der Waals surface area contributed by atoms with Crippen LogP contribution in [0.15, 0.2) is 12.1 Å². The third kappa shape index (κ3) is 3.48. The van der Waals surface area contributed by atoms with Crippen molar-refractivity contribution >= 4 is 23.2 Å². The Morgan fingerprint density at radius 1 is 1.16 bits per heavy atom. The van der Waals surface area contributed by atoms with Crippen molar-refractivity contribution in [2.24, 2.45) is 0 Å². The van der Waals surface area contributed by atoms with Gasteiger partial charge < -0.3 is 9.80 Å². The predicted molar refractivity (Wildman–Crippen MR) is 121 cm³/mol. The average molecular weight is 432 g/mol. The molecule has 0 N–H and O–H groups in total. The Morgan fingerprint density at radius 3 is 2.66 bits per heavy atom. The number of hydrogen-bond donors (Lipinski definition) is 0. The topological polar surface area (TPSA) is 82.2 Å². The molecule has 3 aliphatic rings. The molecule has 1 aliphatic carbocycles. The number of nitrogens with zero attached hydrogens (tertiary/aromatic N) is 5. The number of carbonyl (C=O) groups is 2. The second-order valence-electron chi connectivity index (χ2n) is 9.32. The first kappa shape index (κ1) is 20.7.